The molecule has 0 aliphatic rings. The van der Waals surface area contributed by atoms with Gasteiger partial charge in [-0.1, -0.05) is 24.3 Å². The summed E-state index contributed by atoms with van der Waals surface area (Å²) >= 11 is 0. The van der Waals surface area contributed by atoms with Crippen molar-refractivity contribution in [1.82, 2.24) is 9.97 Å². The maximum Gasteiger partial charge on any atom is 0.338 e. The van der Waals surface area contributed by atoms with E-state index in [9.17, 15) is 19.6 Å². The molecule has 0 atom stereocenters. The van der Waals surface area contributed by atoms with E-state index in [4.69, 9.17) is 9.47 Å². The van der Waals surface area contributed by atoms with E-state index in [0.29, 0.717) is 33.5 Å². The molecule has 1 aromatic heterocycles. The minimum atomic E-state index is -0.425. The number of benzene rings is 3. The molecule has 0 bridgehead atoms. The van der Waals surface area contributed by atoms with E-state index in [-0.39, 0.29) is 36.1 Å². The van der Waals surface area contributed by atoms with Crippen LogP contribution in [0.1, 0.15) is 28.7 Å². The van der Waals surface area contributed by atoms with Crippen LogP contribution in [-0.2, 0) is 9.53 Å². The highest BCUT2D eigenvalue weighted by molar-refractivity contribution is 5.94. The Morgan fingerprint density at radius 3 is 2.49 bits per heavy atom. The molecule has 2 N–H and O–H groups in total. The van der Waals surface area contributed by atoms with Crippen molar-refractivity contribution < 1.29 is 19.1 Å². The number of aromatic nitrogens is 2. The van der Waals surface area contributed by atoms with Crippen molar-refractivity contribution in [2.45, 2.75) is 6.92 Å². The first-order valence-electron chi connectivity index (χ1n) is 11.4. The number of carbonyl (C=O) groups is 2. The number of carbonyl (C=O) groups excluding carboxylic acids is 2. The van der Waals surface area contributed by atoms with Gasteiger partial charge in [0.05, 0.1) is 28.6 Å². The lowest BCUT2D eigenvalue weighted by Gasteiger charge is -2.08. The number of esters is 1. The molecule has 0 fully saturated rings. The number of ether oxygens (including phenoxy) is 2. The number of nitriles is 1. The number of nitrogens with zero attached hydrogens (tertiary/aromatic N) is 2. The van der Waals surface area contributed by atoms with Gasteiger partial charge in [-0.05, 0) is 67.1 Å². The third-order valence-electron chi connectivity index (χ3n) is 5.23. The van der Waals surface area contributed by atoms with Crippen LogP contribution in [0.3, 0.4) is 0 Å². The zero-order chi connectivity index (χ0) is 26.2. The number of rotatable bonds is 8. The molecule has 4 rings (SSSR count). The van der Waals surface area contributed by atoms with Gasteiger partial charge in [-0.2, -0.15) is 5.26 Å². The average Bonchev–Trinajstić information content (AvgIpc) is 2.91. The van der Waals surface area contributed by atoms with Crippen LogP contribution in [-0.4, -0.2) is 35.1 Å². The summed E-state index contributed by atoms with van der Waals surface area (Å²) in [5, 5.41) is 12.8. The number of allylic oxidation sites excluding steroid dienone is 1. The minimum absolute atomic E-state index is 0.179. The minimum Gasteiger partial charge on any atom is -0.484 e. The number of fused-ring (bicyclic) bond motifs is 1. The average molecular weight is 495 g/mol. The summed E-state index contributed by atoms with van der Waals surface area (Å²) in [5.41, 5.74) is 1.98. The van der Waals surface area contributed by atoms with E-state index in [2.05, 4.69) is 21.4 Å². The van der Waals surface area contributed by atoms with E-state index < -0.39 is 5.97 Å². The quantitative estimate of drug-likeness (QED) is 0.277. The van der Waals surface area contributed by atoms with Gasteiger partial charge >= 0.3 is 5.97 Å². The van der Waals surface area contributed by atoms with E-state index >= 15 is 0 Å². The fourth-order valence-corrected chi connectivity index (χ4v) is 3.44. The predicted molar refractivity (Wildman–Crippen MR) is 139 cm³/mol. The Morgan fingerprint density at radius 1 is 1.05 bits per heavy atom. The highest BCUT2D eigenvalue weighted by atomic mass is 16.5. The van der Waals surface area contributed by atoms with Crippen molar-refractivity contribution in [2.24, 2.45) is 0 Å². The summed E-state index contributed by atoms with van der Waals surface area (Å²) in [7, 11) is 0. The van der Waals surface area contributed by atoms with E-state index in [0.717, 1.165) is 0 Å². The molecule has 0 saturated heterocycles. The fraction of sp³-hybridized carbons (Fsp3) is 0.107. The summed E-state index contributed by atoms with van der Waals surface area (Å²) < 4.78 is 10.5. The van der Waals surface area contributed by atoms with Crippen LogP contribution >= 0.6 is 0 Å². The molecule has 1 amide bonds. The number of nitrogens with one attached hydrogen (secondary N) is 2. The van der Waals surface area contributed by atoms with Crippen LogP contribution in [0.2, 0.25) is 0 Å². The summed E-state index contributed by atoms with van der Waals surface area (Å²) in [6, 6.07) is 22.1. The molecule has 0 aliphatic carbocycles. The molecule has 37 heavy (non-hydrogen) atoms. The van der Waals surface area contributed by atoms with E-state index in [1.165, 1.54) is 0 Å². The van der Waals surface area contributed by atoms with Gasteiger partial charge in [0.1, 0.15) is 11.8 Å². The van der Waals surface area contributed by atoms with Gasteiger partial charge in [-0.25, -0.2) is 9.78 Å². The first-order chi connectivity index (χ1) is 18.0. The molecular formula is C28H22N4O5. The number of hydrogen-bond donors (Lipinski definition) is 2. The Balaban J connectivity index is 1.37. The van der Waals surface area contributed by atoms with Gasteiger partial charge in [0.25, 0.3) is 11.5 Å². The van der Waals surface area contributed by atoms with Crippen LogP contribution < -0.4 is 15.6 Å². The normalized spacial score (nSPS) is 11.0. The smallest absolute Gasteiger partial charge is 0.338 e. The molecule has 3 aromatic carbocycles. The largest absolute Gasteiger partial charge is 0.484 e. The van der Waals surface area contributed by atoms with Crippen molar-refractivity contribution >= 4 is 40.1 Å². The number of amides is 1. The van der Waals surface area contributed by atoms with Crippen molar-refractivity contribution in [3.8, 4) is 11.8 Å². The van der Waals surface area contributed by atoms with Crippen molar-refractivity contribution in [1.29, 1.82) is 5.26 Å². The monoisotopic (exact) mass is 494 g/mol. The van der Waals surface area contributed by atoms with E-state index in [1.54, 1.807) is 85.8 Å². The Bertz CT molecular complexity index is 1570. The topological polar surface area (TPSA) is 134 Å². The van der Waals surface area contributed by atoms with Crippen molar-refractivity contribution in [2.75, 3.05) is 18.5 Å². The number of aromatic amines is 1. The van der Waals surface area contributed by atoms with Crippen molar-refractivity contribution in [3.05, 3.63) is 100 Å². The Kier molecular flexibility index (Phi) is 7.71. The second kappa shape index (κ2) is 11.5. The fourth-order valence-electron chi connectivity index (χ4n) is 3.44. The Hall–Kier alpha value is -5.23. The number of hydrogen-bond acceptors (Lipinski definition) is 7. The summed E-state index contributed by atoms with van der Waals surface area (Å²) in [6.07, 6.45) is 1.60. The molecule has 0 aliphatic heterocycles. The van der Waals surface area contributed by atoms with Gasteiger partial charge in [0.2, 0.25) is 0 Å². The van der Waals surface area contributed by atoms with Gasteiger partial charge in [-0.3, -0.25) is 9.59 Å². The lowest BCUT2D eigenvalue weighted by atomic mass is 10.1. The maximum atomic E-state index is 12.3. The van der Waals surface area contributed by atoms with Crippen LogP contribution in [0.15, 0.2) is 77.6 Å². The van der Waals surface area contributed by atoms with Crippen LogP contribution in [0.25, 0.3) is 22.6 Å². The highest BCUT2D eigenvalue weighted by Crippen LogP contribution is 2.19. The van der Waals surface area contributed by atoms with Gasteiger partial charge in [0, 0.05) is 5.69 Å². The first-order valence-corrected chi connectivity index (χ1v) is 11.4. The zero-order valence-electron chi connectivity index (χ0n) is 19.9. The zero-order valence-corrected chi connectivity index (χ0v) is 19.9. The number of H-pyrrole nitrogens is 1. The van der Waals surface area contributed by atoms with Gasteiger partial charge in [0.15, 0.2) is 12.4 Å². The second-order valence-corrected chi connectivity index (χ2v) is 7.81. The molecular weight excluding hydrogens is 472 g/mol. The first kappa shape index (κ1) is 24.9. The maximum absolute atomic E-state index is 12.3. The molecule has 0 unspecified atom stereocenters. The predicted octanol–water partition coefficient (Wildman–Crippen LogP) is 4.18. The number of para-hydroxylation sites is 1. The van der Waals surface area contributed by atoms with Crippen LogP contribution in [0.4, 0.5) is 5.69 Å². The number of anilines is 1. The molecule has 0 spiro atoms. The lowest BCUT2D eigenvalue weighted by Crippen LogP contribution is -2.20. The van der Waals surface area contributed by atoms with Crippen LogP contribution in [0, 0.1) is 11.3 Å². The highest BCUT2D eigenvalue weighted by Gasteiger charge is 2.10. The summed E-state index contributed by atoms with van der Waals surface area (Å²) in [4.78, 5) is 43.3. The molecule has 9 heteroatoms. The van der Waals surface area contributed by atoms with Gasteiger partial charge < -0.3 is 19.8 Å². The summed E-state index contributed by atoms with van der Waals surface area (Å²) in [6.45, 7) is 1.79. The lowest BCUT2D eigenvalue weighted by molar-refractivity contribution is -0.118. The summed E-state index contributed by atoms with van der Waals surface area (Å²) in [5.74, 6) is -0.157. The van der Waals surface area contributed by atoms with Crippen molar-refractivity contribution in [3.63, 3.8) is 0 Å². The van der Waals surface area contributed by atoms with Crippen LogP contribution in [0.5, 0.6) is 5.75 Å². The second-order valence-electron chi connectivity index (χ2n) is 7.81. The molecule has 0 saturated carbocycles. The SMILES string of the molecule is CCOC(=O)c1ccc(NC(=O)COc2ccc(/C=C(\C#N)c3nc4ccccc4c(=O)[nH]3)cc2)cc1. The molecule has 4 aromatic rings. The molecule has 1 heterocycles. The molecule has 9 nitrogen and oxygen atoms in total. The molecule has 184 valence electrons. The third kappa shape index (κ3) is 6.26. The Morgan fingerprint density at radius 2 is 1.78 bits per heavy atom. The Labute approximate surface area is 212 Å². The van der Waals surface area contributed by atoms with Gasteiger partial charge in [-0.15, -0.1) is 0 Å². The van der Waals surface area contributed by atoms with E-state index in [1.807, 2.05) is 0 Å². The standard InChI is InChI=1S/C28H22N4O5/c1-2-36-28(35)19-9-11-21(12-10-19)30-25(33)17-37-22-13-7-18(8-14-22)15-20(16-29)26-31-24-6-4-3-5-23(24)27(34)32-26/h3-15H,2,17H2,1H3,(H,30,33)(H,31,32,34)/b20-15+. The third-order valence-corrected chi connectivity index (χ3v) is 5.23. The molecule has 0 radical (unpaired) electrons.